The van der Waals surface area contributed by atoms with Crippen molar-refractivity contribution in [3.05, 3.63) is 0 Å². The number of carbonyl (C=O) groups is 2. The molecule has 7 heteroatoms. The topological polar surface area (TPSA) is 75.4 Å². The molecule has 1 saturated heterocycles. The molecule has 1 aliphatic carbocycles. The van der Waals surface area contributed by atoms with E-state index in [0.29, 0.717) is 24.0 Å². The third-order valence-corrected chi connectivity index (χ3v) is 4.85. The number of thioether (sulfide) groups is 1. The zero-order chi connectivity index (χ0) is 14.4. The molecule has 1 unspecified atom stereocenters. The number of carbonyl (C=O) groups excluding carboxylic acids is 2. The molecular formula is C14H26ClN3O2S. The highest BCUT2D eigenvalue weighted by Crippen LogP contribution is 2.31. The van der Waals surface area contributed by atoms with Gasteiger partial charge in [-0.05, 0) is 38.0 Å². The zero-order valence-electron chi connectivity index (χ0n) is 12.4. The Morgan fingerprint density at radius 1 is 1.19 bits per heavy atom. The van der Waals surface area contributed by atoms with Crippen LogP contribution in [0.1, 0.15) is 32.1 Å². The molecule has 1 atom stereocenters. The van der Waals surface area contributed by atoms with Gasteiger partial charge >= 0.3 is 0 Å². The van der Waals surface area contributed by atoms with Crippen molar-refractivity contribution >= 4 is 36.0 Å². The van der Waals surface area contributed by atoms with Crippen molar-refractivity contribution in [3.8, 4) is 0 Å². The largest absolute Gasteiger partial charge is 0.354 e. The number of hydrogen-bond donors (Lipinski definition) is 2. The minimum Gasteiger partial charge on any atom is -0.354 e. The molecule has 1 aliphatic heterocycles. The average molecular weight is 336 g/mol. The monoisotopic (exact) mass is 335 g/mol. The van der Waals surface area contributed by atoms with E-state index in [1.807, 2.05) is 4.90 Å². The van der Waals surface area contributed by atoms with Gasteiger partial charge < -0.3 is 16.0 Å². The van der Waals surface area contributed by atoms with Gasteiger partial charge in [0.15, 0.2) is 0 Å². The molecule has 0 aromatic heterocycles. The van der Waals surface area contributed by atoms with E-state index in [-0.39, 0.29) is 30.3 Å². The Morgan fingerprint density at radius 3 is 2.48 bits per heavy atom. The second-order valence-electron chi connectivity index (χ2n) is 5.74. The summed E-state index contributed by atoms with van der Waals surface area (Å²) in [4.78, 5) is 25.4. The summed E-state index contributed by atoms with van der Waals surface area (Å²) < 4.78 is 0. The maximum absolute atomic E-state index is 11.9. The first kappa shape index (κ1) is 18.6. The number of nitrogens with one attached hydrogen (secondary N) is 1. The van der Waals surface area contributed by atoms with Gasteiger partial charge in [-0.25, -0.2) is 0 Å². The summed E-state index contributed by atoms with van der Waals surface area (Å²) in [5.41, 5.74) is 5.92. The van der Waals surface area contributed by atoms with Gasteiger partial charge in [0.25, 0.3) is 0 Å². The first-order chi connectivity index (χ1) is 9.66. The number of rotatable bonds is 7. The van der Waals surface area contributed by atoms with Crippen LogP contribution in [0.15, 0.2) is 0 Å². The van der Waals surface area contributed by atoms with Crippen LogP contribution >= 0.6 is 24.2 Å². The number of nitrogens with two attached hydrogens (primary N) is 1. The lowest BCUT2D eigenvalue weighted by Crippen LogP contribution is -2.40. The standard InChI is InChI=1S/C14H25N3O2S.ClH/c15-12(11-4-5-11)8-16-13(18)9-20-10-14(19)17-6-2-1-3-7-17;/h11-12H,1-10,15H2,(H,16,18);1H. The Bertz CT molecular complexity index is 347. The van der Waals surface area contributed by atoms with E-state index >= 15 is 0 Å². The molecule has 2 amide bonds. The highest BCUT2D eigenvalue weighted by molar-refractivity contribution is 8.00. The lowest BCUT2D eigenvalue weighted by atomic mass is 10.1. The van der Waals surface area contributed by atoms with Crippen LogP contribution in [-0.4, -0.2) is 53.9 Å². The van der Waals surface area contributed by atoms with E-state index < -0.39 is 0 Å². The van der Waals surface area contributed by atoms with Crippen LogP contribution in [0.3, 0.4) is 0 Å². The number of amides is 2. The number of likely N-dealkylation sites (tertiary alicyclic amines) is 1. The SMILES string of the molecule is Cl.NC(CNC(=O)CSCC(=O)N1CCCCC1)C1CC1. The van der Waals surface area contributed by atoms with Gasteiger partial charge in [0.2, 0.25) is 11.8 Å². The normalized spacial score (nSPS) is 19.6. The molecule has 21 heavy (non-hydrogen) atoms. The summed E-state index contributed by atoms with van der Waals surface area (Å²) in [6.07, 6.45) is 5.82. The van der Waals surface area contributed by atoms with E-state index in [0.717, 1.165) is 25.9 Å². The van der Waals surface area contributed by atoms with Gasteiger partial charge in [-0.2, -0.15) is 0 Å². The smallest absolute Gasteiger partial charge is 0.232 e. The van der Waals surface area contributed by atoms with Gasteiger partial charge in [0.05, 0.1) is 11.5 Å². The summed E-state index contributed by atoms with van der Waals surface area (Å²) in [7, 11) is 0. The second-order valence-corrected chi connectivity index (χ2v) is 6.73. The Kier molecular flexibility index (Phi) is 8.44. The summed E-state index contributed by atoms with van der Waals surface area (Å²) in [6.45, 7) is 2.31. The van der Waals surface area contributed by atoms with E-state index in [4.69, 9.17) is 5.73 Å². The molecular weight excluding hydrogens is 310 g/mol. The zero-order valence-corrected chi connectivity index (χ0v) is 14.0. The van der Waals surface area contributed by atoms with Crippen LogP contribution in [0.2, 0.25) is 0 Å². The van der Waals surface area contributed by atoms with Crippen molar-refractivity contribution in [2.45, 2.75) is 38.1 Å². The van der Waals surface area contributed by atoms with Crippen LogP contribution < -0.4 is 11.1 Å². The summed E-state index contributed by atoms with van der Waals surface area (Å²) in [5.74, 6) is 1.50. The molecule has 1 heterocycles. The maximum atomic E-state index is 11.9. The van der Waals surface area contributed by atoms with Crippen LogP contribution in [0.4, 0.5) is 0 Å². The third kappa shape index (κ3) is 6.89. The third-order valence-electron chi connectivity index (χ3n) is 3.93. The lowest BCUT2D eigenvalue weighted by Gasteiger charge is -2.26. The molecule has 0 aromatic rings. The quantitative estimate of drug-likeness (QED) is 0.728. The number of halogens is 1. The van der Waals surface area contributed by atoms with E-state index in [1.165, 1.54) is 31.0 Å². The Hall–Kier alpha value is -0.460. The first-order valence-electron chi connectivity index (χ1n) is 7.54. The van der Waals surface area contributed by atoms with E-state index in [2.05, 4.69) is 5.32 Å². The van der Waals surface area contributed by atoms with Gasteiger partial charge in [0, 0.05) is 25.7 Å². The molecule has 0 radical (unpaired) electrons. The number of nitrogens with zero attached hydrogens (tertiary/aromatic N) is 1. The number of piperidine rings is 1. The molecule has 2 fully saturated rings. The molecule has 0 aromatic carbocycles. The van der Waals surface area contributed by atoms with Gasteiger partial charge in [0.1, 0.15) is 0 Å². The maximum Gasteiger partial charge on any atom is 0.232 e. The fourth-order valence-electron chi connectivity index (χ4n) is 2.44. The predicted octanol–water partition coefficient (Wildman–Crippen LogP) is 1.01. The van der Waals surface area contributed by atoms with Crippen molar-refractivity contribution in [2.75, 3.05) is 31.1 Å². The molecule has 3 N–H and O–H groups in total. The van der Waals surface area contributed by atoms with Gasteiger partial charge in [-0.1, -0.05) is 0 Å². The second kappa shape index (κ2) is 9.54. The van der Waals surface area contributed by atoms with Crippen molar-refractivity contribution in [1.29, 1.82) is 0 Å². The first-order valence-corrected chi connectivity index (χ1v) is 8.70. The molecule has 5 nitrogen and oxygen atoms in total. The summed E-state index contributed by atoms with van der Waals surface area (Å²) >= 11 is 1.39. The van der Waals surface area contributed by atoms with E-state index in [9.17, 15) is 9.59 Å². The number of hydrogen-bond acceptors (Lipinski definition) is 4. The van der Waals surface area contributed by atoms with Crippen LogP contribution in [0.25, 0.3) is 0 Å². The van der Waals surface area contributed by atoms with E-state index in [1.54, 1.807) is 0 Å². The molecule has 0 bridgehead atoms. The molecule has 1 saturated carbocycles. The minimum absolute atomic E-state index is 0. The molecule has 2 rings (SSSR count). The van der Waals surface area contributed by atoms with Gasteiger partial charge in [-0.15, -0.1) is 24.2 Å². The van der Waals surface area contributed by atoms with Crippen molar-refractivity contribution < 1.29 is 9.59 Å². The van der Waals surface area contributed by atoms with Crippen molar-refractivity contribution in [2.24, 2.45) is 11.7 Å². The van der Waals surface area contributed by atoms with Crippen LogP contribution in [0.5, 0.6) is 0 Å². The molecule has 0 spiro atoms. The van der Waals surface area contributed by atoms with Crippen molar-refractivity contribution in [3.63, 3.8) is 0 Å². The predicted molar refractivity (Wildman–Crippen MR) is 88.7 cm³/mol. The molecule has 2 aliphatic rings. The summed E-state index contributed by atoms with van der Waals surface area (Å²) in [5, 5.41) is 2.85. The average Bonchev–Trinajstić information content (AvgIpc) is 3.30. The van der Waals surface area contributed by atoms with Crippen LogP contribution in [-0.2, 0) is 9.59 Å². The van der Waals surface area contributed by atoms with Crippen LogP contribution in [0, 0.1) is 5.92 Å². The van der Waals surface area contributed by atoms with Gasteiger partial charge in [-0.3, -0.25) is 9.59 Å². The highest BCUT2D eigenvalue weighted by Gasteiger charge is 2.28. The molecule has 122 valence electrons. The summed E-state index contributed by atoms with van der Waals surface area (Å²) in [6, 6.07) is 0.0962. The minimum atomic E-state index is -0.0162. The lowest BCUT2D eigenvalue weighted by molar-refractivity contribution is -0.129. The fraction of sp³-hybridized carbons (Fsp3) is 0.857. The fourth-order valence-corrected chi connectivity index (χ4v) is 3.19. The Balaban J connectivity index is 0.00000220. The Morgan fingerprint density at radius 2 is 1.86 bits per heavy atom. The van der Waals surface area contributed by atoms with Crippen molar-refractivity contribution in [1.82, 2.24) is 10.2 Å². The highest BCUT2D eigenvalue weighted by atomic mass is 35.5. The Labute approximate surface area is 137 Å².